The van der Waals surface area contributed by atoms with Crippen molar-refractivity contribution in [2.75, 3.05) is 6.61 Å². The van der Waals surface area contributed by atoms with Gasteiger partial charge in [0.2, 0.25) is 0 Å². The highest BCUT2D eigenvalue weighted by molar-refractivity contribution is 5.65. The highest BCUT2D eigenvalue weighted by atomic mass is 16.5. The Hall–Kier alpha value is -0.790. The molecule has 0 radical (unpaired) electrons. The molecule has 0 saturated carbocycles. The molecule has 0 aromatic heterocycles. The number of allylic oxidation sites excluding steroid dienone is 1. The largest absolute Gasteiger partial charge is 0.466 e. The van der Waals surface area contributed by atoms with Gasteiger partial charge in [-0.1, -0.05) is 18.9 Å². The van der Waals surface area contributed by atoms with Crippen LogP contribution < -0.4 is 0 Å². The zero-order valence-corrected chi connectivity index (χ0v) is 9.64. The highest BCUT2D eigenvalue weighted by Crippen LogP contribution is 2.14. The van der Waals surface area contributed by atoms with Gasteiger partial charge in [0.15, 0.2) is 0 Å². The van der Waals surface area contributed by atoms with E-state index in [-0.39, 0.29) is 5.97 Å². The number of carbonyl (C=O) groups is 1. The zero-order chi connectivity index (χ0) is 11.0. The summed E-state index contributed by atoms with van der Waals surface area (Å²) in [6.45, 7) is 10.1. The van der Waals surface area contributed by atoms with Crippen LogP contribution in [-0.2, 0) is 9.53 Å². The quantitative estimate of drug-likeness (QED) is 0.463. The van der Waals surface area contributed by atoms with Crippen LogP contribution in [0.3, 0.4) is 0 Å². The van der Waals surface area contributed by atoms with E-state index in [2.05, 4.69) is 20.4 Å². The summed E-state index contributed by atoms with van der Waals surface area (Å²) in [5.41, 5.74) is 1.25. The summed E-state index contributed by atoms with van der Waals surface area (Å²) in [7, 11) is 0. The molecule has 2 nitrogen and oxygen atoms in total. The summed E-state index contributed by atoms with van der Waals surface area (Å²) >= 11 is 0. The van der Waals surface area contributed by atoms with Crippen LogP contribution in [0.15, 0.2) is 12.2 Å². The van der Waals surface area contributed by atoms with Crippen molar-refractivity contribution in [2.45, 2.75) is 46.5 Å². The summed E-state index contributed by atoms with van der Waals surface area (Å²) in [6, 6.07) is 0. The Bertz CT molecular complexity index is 165. The van der Waals surface area contributed by atoms with E-state index in [1.165, 1.54) is 25.3 Å². The molecule has 0 aromatic carbocycles. The second-order valence-corrected chi connectivity index (χ2v) is 4.08. The molecule has 82 valence electrons. The maximum atomic E-state index is 10.5. The molecule has 0 spiro atoms. The molecule has 0 bridgehead atoms. The molecule has 0 aromatic rings. The van der Waals surface area contributed by atoms with Gasteiger partial charge in [-0.15, -0.1) is 6.58 Å². The van der Waals surface area contributed by atoms with E-state index in [4.69, 9.17) is 4.74 Å². The Morgan fingerprint density at radius 1 is 1.36 bits per heavy atom. The van der Waals surface area contributed by atoms with Gasteiger partial charge in [0.1, 0.15) is 0 Å². The van der Waals surface area contributed by atoms with Gasteiger partial charge in [-0.25, -0.2) is 0 Å². The Morgan fingerprint density at radius 3 is 2.50 bits per heavy atom. The van der Waals surface area contributed by atoms with E-state index in [0.717, 1.165) is 12.8 Å². The van der Waals surface area contributed by atoms with Crippen molar-refractivity contribution in [3.63, 3.8) is 0 Å². The molecule has 0 fully saturated rings. The van der Waals surface area contributed by atoms with Crippen LogP contribution in [0.4, 0.5) is 0 Å². The fraction of sp³-hybridized carbons (Fsp3) is 0.750. The molecule has 0 rings (SSSR count). The smallest absolute Gasteiger partial charge is 0.302 e. The van der Waals surface area contributed by atoms with Gasteiger partial charge in [0.05, 0.1) is 6.61 Å². The highest BCUT2D eigenvalue weighted by Gasteiger charge is 2.03. The van der Waals surface area contributed by atoms with Gasteiger partial charge >= 0.3 is 5.97 Å². The number of esters is 1. The number of ether oxygens (including phenoxy) is 1. The van der Waals surface area contributed by atoms with Crippen LogP contribution in [0, 0.1) is 5.92 Å². The normalized spacial score (nSPS) is 12.2. The Morgan fingerprint density at radius 2 is 2.00 bits per heavy atom. The maximum Gasteiger partial charge on any atom is 0.302 e. The first kappa shape index (κ1) is 13.2. The minimum atomic E-state index is -0.181. The minimum Gasteiger partial charge on any atom is -0.466 e. The molecule has 0 saturated heterocycles. The first-order chi connectivity index (χ1) is 6.52. The van der Waals surface area contributed by atoms with Crippen LogP contribution in [0.25, 0.3) is 0 Å². The van der Waals surface area contributed by atoms with Gasteiger partial charge < -0.3 is 4.74 Å². The molecule has 0 aliphatic rings. The van der Waals surface area contributed by atoms with Gasteiger partial charge in [0.25, 0.3) is 0 Å². The minimum absolute atomic E-state index is 0.181. The van der Waals surface area contributed by atoms with Crippen molar-refractivity contribution < 1.29 is 9.53 Å². The van der Waals surface area contributed by atoms with Crippen molar-refractivity contribution in [2.24, 2.45) is 5.92 Å². The molecule has 2 heteroatoms. The third-order valence-electron chi connectivity index (χ3n) is 2.22. The average Bonchev–Trinajstić information content (AvgIpc) is 2.02. The third-order valence-corrected chi connectivity index (χ3v) is 2.22. The molecule has 0 N–H and O–H groups in total. The number of carbonyl (C=O) groups excluding carboxylic acids is 1. The fourth-order valence-electron chi connectivity index (χ4n) is 1.30. The lowest BCUT2D eigenvalue weighted by Gasteiger charge is -2.10. The van der Waals surface area contributed by atoms with Gasteiger partial charge in [-0.3, -0.25) is 4.79 Å². The summed E-state index contributed by atoms with van der Waals surface area (Å²) in [5, 5.41) is 0. The standard InChI is InChI=1S/C12H22O2/c1-10(2)6-5-7-11(3)8-9-14-12(4)13/h11H,1,5-9H2,2-4H3/t11-/m0/s1. The van der Waals surface area contributed by atoms with E-state index < -0.39 is 0 Å². The Kier molecular flexibility index (Phi) is 7.17. The summed E-state index contributed by atoms with van der Waals surface area (Å²) < 4.78 is 4.88. The Balaban J connectivity index is 3.32. The second-order valence-electron chi connectivity index (χ2n) is 4.08. The first-order valence-corrected chi connectivity index (χ1v) is 5.30. The van der Waals surface area contributed by atoms with Crippen LogP contribution in [0.2, 0.25) is 0 Å². The molecule has 14 heavy (non-hydrogen) atoms. The Labute approximate surface area is 87.3 Å². The molecule has 0 heterocycles. The van der Waals surface area contributed by atoms with E-state index in [0.29, 0.717) is 12.5 Å². The fourth-order valence-corrected chi connectivity index (χ4v) is 1.30. The van der Waals surface area contributed by atoms with Gasteiger partial charge in [0, 0.05) is 6.92 Å². The molecule has 0 aliphatic heterocycles. The van der Waals surface area contributed by atoms with E-state index >= 15 is 0 Å². The topological polar surface area (TPSA) is 26.3 Å². The van der Waals surface area contributed by atoms with E-state index in [1.807, 2.05) is 0 Å². The number of rotatable bonds is 7. The van der Waals surface area contributed by atoms with Crippen LogP contribution in [-0.4, -0.2) is 12.6 Å². The summed E-state index contributed by atoms with van der Waals surface area (Å²) in [6.07, 6.45) is 4.46. The van der Waals surface area contributed by atoms with Crippen molar-refractivity contribution in [3.05, 3.63) is 12.2 Å². The molecular formula is C12H22O2. The van der Waals surface area contributed by atoms with Crippen molar-refractivity contribution in [1.82, 2.24) is 0 Å². The monoisotopic (exact) mass is 198 g/mol. The lowest BCUT2D eigenvalue weighted by Crippen LogP contribution is -2.05. The van der Waals surface area contributed by atoms with Crippen LogP contribution in [0.5, 0.6) is 0 Å². The number of hydrogen-bond donors (Lipinski definition) is 0. The SMILES string of the molecule is C=C(C)CCC[C@H](C)CCOC(C)=O. The van der Waals surface area contributed by atoms with Crippen molar-refractivity contribution in [3.8, 4) is 0 Å². The van der Waals surface area contributed by atoms with Crippen molar-refractivity contribution >= 4 is 5.97 Å². The average molecular weight is 198 g/mol. The van der Waals surface area contributed by atoms with Crippen LogP contribution >= 0.6 is 0 Å². The zero-order valence-electron chi connectivity index (χ0n) is 9.64. The maximum absolute atomic E-state index is 10.5. The van der Waals surface area contributed by atoms with Crippen molar-refractivity contribution in [1.29, 1.82) is 0 Å². The van der Waals surface area contributed by atoms with Gasteiger partial charge in [-0.05, 0) is 32.1 Å². The first-order valence-electron chi connectivity index (χ1n) is 5.30. The van der Waals surface area contributed by atoms with Crippen LogP contribution in [0.1, 0.15) is 46.5 Å². The predicted octanol–water partition coefficient (Wildman–Crippen LogP) is 3.32. The second kappa shape index (κ2) is 7.60. The molecular weight excluding hydrogens is 176 g/mol. The lowest BCUT2D eigenvalue weighted by atomic mass is 9.99. The summed E-state index contributed by atoms with van der Waals surface area (Å²) in [5.74, 6) is 0.452. The number of hydrogen-bond acceptors (Lipinski definition) is 2. The predicted molar refractivity (Wildman–Crippen MR) is 59.1 cm³/mol. The van der Waals surface area contributed by atoms with E-state index in [9.17, 15) is 4.79 Å². The third kappa shape index (κ3) is 9.30. The molecule has 0 unspecified atom stereocenters. The molecule has 1 atom stereocenters. The summed E-state index contributed by atoms with van der Waals surface area (Å²) in [4.78, 5) is 10.5. The van der Waals surface area contributed by atoms with E-state index in [1.54, 1.807) is 0 Å². The van der Waals surface area contributed by atoms with Gasteiger partial charge in [-0.2, -0.15) is 0 Å². The molecule has 0 aliphatic carbocycles. The molecule has 0 amide bonds. The lowest BCUT2D eigenvalue weighted by molar-refractivity contribution is -0.141.